The lowest BCUT2D eigenvalue weighted by molar-refractivity contribution is -0.117. The van der Waals surface area contributed by atoms with Gasteiger partial charge in [0.05, 0.1) is 30.4 Å². The number of aromatic nitrogens is 2. The molecule has 0 spiro atoms. The van der Waals surface area contributed by atoms with Crippen molar-refractivity contribution in [1.29, 1.82) is 0 Å². The number of para-hydroxylation sites is 2. The van der Waals surface area contributed by atoms with Gasteiger partial charge in [-0.05, 0) is 37.8 Å². The van der Waals surface area contributed by atoms with Crippen molar-refractivity contribution in [2.24, 2.45) is 5.92 Å². The monoisotopic (exact) mass is 338 g/mol. The number of benzene rings is 1. The number of fused-ring (bicyclic) bond motifs is 1. The molecule has 7 nitrogen and oxygen atoms in total. The van der Waals surface area contributed by atoms with Gasteiger partial charge in [0.25, 0.3) is 5.91 Å². The fourth-order valence-electron chi connectivity index (χ4n) is 2.75. The van der Waals surface area contributed by atoms with Crippen LogP contribution in [0.25, 0.3) is 0 Å². The first kappa shape index (κ1) is 15.6. The lowest BCUT2D eigenvalue weighted by atomic mass is 10.1. The van der Waals surface area contributed by atoms with Crippen LogP contribution in [0.1, 0.15) is 30.3 Å². The van der Waals surface area contributed by atoms with E-state index in [1.165, 1.54) is 30.1 Å². The summed E-state index contributed by atoms with van der Waals surface area (Å²) in [6, 6.07) is 6.56. The molecule has 2 aliphatic rings. The molecule has 1 aromatic carbocycles. The van der Waals surface area contributed by atoms with Gasteiger partial charge in [-0.3, -0.25) is 14.5 Å². The van der Waals surface area contributed by atoms with Crippen LogP contribution in [-0.4, -0.2) is 34.4 Å². The van der Waals surface area contributed by atoms with Crippen LogP contribution in [0.3, 0.4) is 0 Å². The highest BCUT2D eigenvalue weighted by Gasteiger charge is 2.34. The third-order valence-electron chi connectivity index (χ3n) is 4.42. The molecular weight excluding hydrogens is 320 g/mol. The molecule has 2 amide bonds. The Morgan fingerprint density at radius 2 is 2.08 bits per heavy atom. The van der Waals surface area contributed by atoms with E-state index in [0.717, 1.165) is 0 Å². The molecule has 1 fully saturated rings. The number of carbonyl (C=O) groups excluding carboxylic acids is 2. The Bertz CT molecular complexity index is 817. The number of ether oxygens (including phenoxy) is 1. The van der Waals surface area contributed by atoms with Crippen molar-refractivity contribution in [3.63, 3.8) is 0 Å². The molecule has 128 valence electrons. The minimum atomic E-state index is -0.630. The Balaban J connectivity index is 1.57. The Morgan fingerprint density at radius 3 is 2.80 bits per heavy atom. The average molecular weight is 338 g/mol. The zero-order valence-corrected chi connectivity index (χ0v) is 13.8. The molecule has 1 aliphatic carbocycles. The lowest BCUT2D eigenvalue weighted by Crippen LogP contribution is -2.49. The molecule has 0 bridgehead atoms. The summed E-state index contributed by atoms with van der Waals surface area (Å²) in [7, 11) is 0. The molecule has 0 radical (unpaired) electrons. The molecular formula is C18H18N4O3. The number of nitrogens with one attached hydrogen (secondary N) is 1. The van der Waals surface area contributed by atoms with E-state index >= 15 is 0 Å². The van der Waals surface area contributed by atoms with Gasteiger partial charge < -0.3 is 10.1 Å². The van der Waals surface area contributed by atoms with Crippen molar-refractivity contribution < 1.29 is 14.3 Å². The average Bonchev–Trinajstić information content (AvgIpc) is 3.45. The Morgan fingerprint density at radius 1 is 1.28 bits per heavy atom. The Hall–Kier alpha value is -2.96. The van der Waals surface area contributed by atoms with Gasteiger partial charge in [0, 0.05) is 0 Å². The van der Waals surface area contributed by atoms with Gasteiger partial charge in [-0.1, -0.05) is 12.1 Å². The largest absolute Gasteiger partial charge is 0.476 e. The van der Waals surface area contributed by atoms with E-state index in [4.69, 9.17) is 4.74 Å². The first-order chi connectivity index (χ1) is 12.1. The van der Waals surface area contributed by atoms with Crippen LogP contribution in [0.4, 0.5) is 11.4 Å². The van der Waals surface area contributed by atoms with Crippen molar-refractivity contribution in [1.82, 2.24) is 9.97 Å². The zero-order chi connectivity index (χ0) is 17.4. The number of hydrogen-bond donors (Lipinski definition) is 1. The maximum Gasteiger partial charge on any atom is 0.279 e. The predicted molar refractivity (Wildman–Crippen MR) is 91.6 cm³/mol. The summed E-state index contributed by atoms with van der Waals surface area (Å²) in [5.41, 5.74) is 1.43. The van der Waals surface area contributed by atoms with Crippen molar-refractivity contribution in [2.75, 3.05) is 16.8 Å². The van der Waals surface area contributed by atoms with Gasteiger partial charge in [0.2, 0.25) is 11.8 Å². The van der Waals surface area contributed by atoms with Gasteiger partial charge in [0.15, 0.2) is 0 Å². The summed E-state index contributed by atoms with van der Waals surface area (Å²) in [6.07, 6.45) is 5.24. The number of amides is 2. The van der Waals surface area contributed by atoms with Gasteiger partial charge in [-0.25, -0.2) is 9.97 Å². The molecule has 1 atom stereocenters. The summed E-state index contributed by atoms with van der Waals surface area (Å²) in [4.78, 5) is 34.8. The summed E-state index contributed by atoms with van der Waals surface area (Å²) >= 11 is 0. The van der Waals surface area contributed by atoms with Crippen molar-refractivity contribution in [3.05, 3.63) is 42.4 Å². The highest BCUT2D eigenvalue weighted by molar-refractivity contribution is 6.15. The number of nitrogens with zero attached hydrogens (tertiary/aromatic N) is 3. The standard InChI is InChI=1S/C18H18N4O3/c1-11-17(23)21-13-4-2-3-5-15(13)22(11)18(24)14-8-20-16(9-19-14)25-10-12-6-7-12/h2-5,8-9,11-12H,6-7,10H2,1H3,(H,21,23). The summed E-state index contributed by atoms with van der Waals surface area (Å²) in [5, 5.41) is 2.80. The highest BCUT2D eigenvalue weighted by atomic mass is 16.5. The van der Waals surface area contributed by atoms with Crippen LogP contribution in [0.5, 0.6) is 5.88 Å². The van der Waals surface area contributed by atoms with Crippen LogP contribution >= 0.6 is 0 Å². The maximum atomic E-state index is 12.9. The van der Waals surface area contributed by atoms with Crippen LogP contribution < -0.4 is 15.0 Å². The van der Waals surface area contributed by atoms with Crippen LogP contribution in [0, 0.1) is 5.92 Å². The Labute approximate surface area is 145 Å². The summed E-state index contributed by atoms with van der Waals surface area (Å²) < 4.78 is 5.54. The van der Waals surface area contributed by atoms with Crippen LogP contribution in [0.2, 0.25) is 0 Å². The van der Waals surface area contributed by atoms with Gasteiger partial charge in [-0.15, -0.1) is 0 Å². The fourth-order valence-corrected chi connectivity index (χ4v) is 2.75. The van der Waals surface area contributed by atoms with E-state index in [-0.39, 0.29) is 17.5 Å². The predicted octanol–water partition coefficient (Wildman–Crippen LogP) is 2.25. The molecule has 1 saturated carbocycles. The summed E-state index contributed by atoms with van der Waals surface area (Å²) in [5.74, 6) is 0.432. The topological polar surface area (TPSA) is 84.4 Å². The second-order valence-electron chi connectivity index (χ2n) is 6.35. The molecule has 0 saturated heterocycles. The first-order valence-electron chi connectivity index (χ1n) is 8.32. The number of carbonyl (C=O) groups is 2. The molecule has 2 aromatic rings. The van der Waals surface area contributed by atoms with Crippen molar-refractivity contribution in [2.45, 2.75) is 25.8 Å². The normalized spacial score (nSPS) is 19.2. The van der Waals surface area contributed by atoms with Gasteiger partial charge in [-0.2, -0.15) is 0 Å². The molecule has 2 heterocycles. The minimum absolute atomic E-state index is 0.176. The zero-order valence-electron chi connectivity index (χ0n) is 13.8. The van der Waals surface area contributed by atoms with Crippen molar-refractivity contribution in [3.8, 4) is 5.88 Å². The van der Waals surface area contributed by atoms with Crippen LogP contribution in [0.15, 0.2) is 36.7 Å². The van der Waals surface area contributed by atoms with E-state index in [1.807, 2.05) is 12.1 Å². The molecule has 7 heteroatoms. The first-order valence-corrected chi connectivity index (χ1v) is 8.32. The molecule has 1 aromatic heterocycles. The fraction of sp³-hybridized carbons (Fsp3) is 0.333. The third-order valence-corrected chi connectivity index (χ3v) is 4.42. The lowest BCUT2D eigenvalue weighted by Gasteiger charge is -2.34. The molecule has 1 aliphatic heterocycles. The SMILES string of the molecule is CC1C(=O)Nc2ccccc2N1C(=O)c1cnc(OCC2CC2)cn1. The van der Waals surface area contributed by atoms with E-state index in [2.05, 4.69) is 15.3 Å². The quantitative estimate of drug-likeness (QED) is 0.924. The second-order valence-corrected chi connectivity index (χ2v) is 6.35. The maximum absolute atomic E-state index is 12.9. The van der Waals surface area contributed by atoms with Gasteiger partial charge in [0.1, 0.15) is 11.7 Å². The van der Waals surface area contributed by atoms with Crippen molar-refractivity contribution >= 4 is 23.2 Å². The molecule has 4 rings (SSSR count). The van der Waals surface area contributed by atoms with Gasteiger partial charge >= 0.3 is 0 Å². The molecule has 1 unspecified atom stereocenters. The molecule has 1 N–H and O–H groups in total. The van der Waals surface area contributed by atoms with E-state index in [1.54, 1.807) is 19.1 Å². The van der Waals surface area contributed by atoms with E-state index in [9.17, 15) is 9.59 Å². The van der Waals surface area contributed by atoms with E-state index < -0.39 is 6.04 Å². The minimum Gasteiger partial charge on any atom is -0.476 e. The number of rotatable bonds is 4. The van der Waals surface area contributed by atoms with Crippen LogP contribution in [-0.2, 0) is 4.79 Å². The second kappa shape index (κ2) is 6.16. The molecule has 25 heavy (non-hydrogen) atoms. The Kier molecular flexibility index (Phi) is 3.83. The smallest absolute Gasteiger partial charge is 0.279 e. The highest BCUT2D eigenvalue weighted by Crippen LogP contribution is 2.32. The number of anilines is 2. The number of hydrogen-bond acceptors (Lipinski definition) is 5. The third kappa shape index (κ3) is 3.05. The van der Waals surface area contributed by atoms with E-state index in [0.29, 0.717) is 29.8 Å². The summed E-state index contributed by atoms with van der Waals surface area (Å²) in [6.45, 7) is 2.32.